The summed E-state index contributed by atoms with van der Waals surface area (Å²) in [6.45, 7) is 13.6. The Kier molecular flexibility index (Phi) is 6.32. The molecule has 6 aromatic carbocycles. The first-order valence-electron chi connectivity index (χ1n) is 14.6. The van der Waals surface area contributed by atoms with Crippen LogP contribution in [0.15, 0.2) is 87.4 Å². The highest BCUT2D eigenvalue weighted by Gasteiger charge is 2.28. The van der Waals surface area contributed by atoms with E-state index in [9.17, 15) is 0 Å². The summed E-state index contributed by atoms with van der Waals surface area (Å²) in [7, 11) is 0. The molecule has 0 aliphatic heterocycles. The fraction of sp³-hybridized carbons (Fsp3) is 0.211. The smallest absolute Gasteiger partial charge is 0.151 e. The van der Waals surface area contributed by atoms with Crippen LogP contribution in [0.2, 0.25) is 0 Å². The average Bonchev–Trinajstić information content (AvgIpc) is 3.58. The van der Waals surface area contributed by atoms with Crippen LogP contribution in [0.25, 0.3) is 76.2 Å². The van der Waals surface area contributed by atoms with Crippen molar-refractivity contribution in [2.45, 2.75) is 52.4 Å². The molecule has 0 aliphatic rings. The summed E-state index contributed by atoms with van der Waals surface area (Å²) < 4.78 is 17.7. The van der Waals surface area contributed by atoms with Crippen LogP contribution in [0, 0.1) is 0 Å². The number of hydrogen-bond donors (Lipinski definition) is 0. The molecule has 8 aromatic rings. The van der Waals surface area contributed by atoms with Gasteiger partial charge in [0.1, 0.15) is 11.2 Å². The van der Waals surface area contributed by atoms with Gasteiger partial charge in [-0.3, -0.25) is 0 Å². The van der Waals surface area contributed by atoms with Gasteiger partial charge in [-0.15, -0.1) is 0 Å². The summed E-state index contributed by atoms with van der Waals surface area (Å²) in [5, 5.41) is 11.0. The van der Waals surface area contributed by atoms with Crippen LogP contribution < -0.4 is 0 Å². The Morgan fingerprint density at radius 3 is 1.16 bits per heavy atom. The normalized spacial score (nSPS) is 13.2. The first-order chi connectivity index (χ1) is 20.8. The van der Waals surface area contributed by atoms with Crippen molar-refractivity contribution < 1.29 is 8.83 Å². The van der Waals surface area contributed by atoms with E-state index in [0.29, 0.717) is 0 Å². The molecule has 0 amide bonds. The molecule has 220 valence electrons. The summed E-state index contributed by atoms with van der Waals surface area (Å²) in [4.78, 5) is 0. The molecule has 0 radical (unpaired) electrons. The van der Waals surface area contributed by atoms with Crippen molar-refractivity contribution in [3.05, 3.63) is 89.7 Å². The molecule has 0 saturated carbocycles. The lowest BCUT2D eigenvalue weighted by Crippen LogP contribution is -2.10. The van der Waals surface area contributed by atoms with E-state index >= 15 is 0 Å². The first kappa shape index (κ1) is 29.1. The molecule has 0 spiro atoms. The van der Waals surface area contributed by atoms with Crippen molar-refractivity contribution in [2.24, 2.45) is 0 Å². The standard InChI is InChI=1S/C38H28Br4O2/c1-37(2,3)17-11-13-19-23(15-17)25-27-28-26-24-16-18(38(4,5)6)12-14-20(24)30(40)32(42)36(26)44-34(28)22-10-8-7-9-21(22)33(27)43-35(25)31(41)29(19)39/h7-16H,1-6H3. The number of hydrogen-bond acceptors (Lipinski definition) is 2. The first-order valence-corrected chi connectivity index (χ1v) is 17.8. The Balaban J connectivity index is 1.75. The summed E-state index contributed by atoms with van der Waals surface area (Å²) in [6, 6.07) is 22.0. The van der Waals surface area contributed by atoms with E-state index < -0.39 is 0 Å². The number of fused-ring (bicyclic) bond motifs is 14. The third-order valence-electron chi connectivity index (χ3n) is 9.05. The molecule has 0 aliphatic carbocycles. The second-order valence-electron chi connectivity index (χ2n) is 13.8. The number of benzene rings is 6. The predicted octanol–water partition coefficient (Wildman–Crippen LogP) is 14.6. The van der Waals surface area contributed by atoms with Gasteiger partial charge >= 0.3 is 0 Å². The molecule has 0 bridgehead atoms. The zero-order chi connectivity index (χ0) is 31.0. The maximum Gasteiger partial charge on any atom is 0.151 e. The molecular weight excluding hydrogens is 808 g/mol. The van der Waals surface area contributed by atoms with Gasteiger partial charge in [0.15, 0.2) is 11.2 Å². The Labute approximate surface area is 288 Å². The lowest BCUT2D eigenvalue weighted by atomic mass is 9.84. The van der Waals surface area contributed by atoms with Gasteiger partial charge in [-0.05, 0) is 119 Å². The van der Waals surface area contributed by atoms with E-state index in [0.717, 1.165) is 94.1 Å². The minimum Gasteiger partial charge on any atom is -0.454 e. The maximum atomic E-state index is 6.94. The minimum absolute atomic E-state index is 0.0132. The second-order valence-corrected chi connectivity index (χ2v) is 17.0. The van der Waals surface area contributed by atoms with Crippen molar-refractivity contribution in [1.29, 1.82) is 0 Å². The minimum atomic E-state index is -0.0132. The third-order valence-corrected chi connectivity index (χ3v) is 13.3. The van der Waals surface area contributed by atoms with Crippen molar-refractivity contribution in [2.75, 3.05) is 0 Å². The molecule has 8 rings (SSSR count). The Morgan fingerprint density at radius 1 is 0.409 bits per heavy atom. The zero-order valence-electron chi connectivity index (χ0n) is 25.1. The van der Waals surface area contributed by atoms with Crippen molar-refractivity contribution in [3.63, 3.8) is 0 Å². The molecule has 0 unspecified atom stereocenters. The quantitative estimate of drug-likeness (QED) is 0.152. The Bertz CT molecular complexity index is 2380. The van der Waals surface area contributed by atoms with E-state index in [1.807, 2.05) is 0 Å². The molecule has 0 N–H and O–H groups in total. The highest BCUT2D eigenvalue weighted by Crippen LogP contribution is 2.53. The number of halogens is 4. The lowest BCUT2D eigenvalue weighted by Gasteiger charge is -2.20. The largest absolute Gasteiger partial charge is 0.454 e. The predicted molar refractivity (Wildman–Crippen MR) is 202 cm³/mol. The van der Waals surface area contributed by atoms with E-state index in [-0.39, 0.29) is 10.8 Å². The van der Waals surface area contributed by atoms with Crippen LogP contribution in [0.5, 0.6) is 0 Å². The van der Waals surface area contributed by atoms with Gasteiger partial charge in [-0.2, -0.15) is 0 Å². The molecule has 0 atom stereocenters. The van der Waals surface area contributed by atoms with E-state index in [1.165, 1.54) is 11.1 Å². The van der Waals surface area contributed by atoms with Gasteiger partial charge in [-0.1, -0.05) is 90.1 Å². The van der Waals surface area contributed by atoms with Crippen LogP contribution >= 0.6 is 63.7 Å². The van der Waals surface area contributed by atoms with Crippen LogP contribution in [-0.4, -0.2) is 0 Å². The van der Waals surface area contributed by atoms with E-state index in [2.05, 4.69) is 166 Å². The van der Waals surface area contributed by atoms with Crippen LogP contribution in [-0.2, 0) is 10.8 Å². The van der Waals surface area contributed by atoms with Gasteiger partial charge in [0.2, 0.25) is 0 Å². The van der Waals surface area contributed by atoms with Crippen molar-refractivity contribution in [3.8, 4) is 0 Å². The molecule has 0 saturated heterocycles. The van der Waals surface area contributed by atoms with Crippen molar-refractivity contribution >= 4 is 140 Å². The van der Waals surface area contributed by atoms with Gasteiger partial charge < -0.3 is 8.83 Å². The molecule has 2 heterocycles. The summed E-state index contributed by atoms with van der Waals surface area (Å²) in [6.07, 6.45) is 0. The summed E-state index contributed by atoms with van der Waals surface area (Å²) in [5.41, 5.74) is 5.91. The van der Waals surface area contributed by atoms with Gasteiger partial charge in [0, 0.05) is 41.3 Å². The van der Waals surface area contributed by atoms with E-state index in [4.69, 9.17) is 8.83 Å². The second kappa shape index (κ2) is 9.57. The van der Waals surface area contributed by atoms with E-state index in [1.54, 1.807) is 0 Å². The number of rotatable bonds is 0. The molecule has 2 aromatic heterocycles. The topological polar surface area (TPSA) is 26.3 Å². The lowest BCUT2D eigenvalue weighted by molar-refractivity contribution is 0.591. The maximum absolute atomic E-state index is 6.94. The van der Waals surface area contributed by atoms with Crippen LogP contribution in [0.4, 0.5) is 0 Å². The molecule has 0 fully saturated rings. The van der Waals surface area contributed by atoms with Gasteiger partial charge in [0.05, 0.1) is 8.95 Å². The molecule has 2 nitrogen and oxygen atoms in total. The number of furan rings is 2. The average molecular weight is 836 g/mol. The summed E-state index contributed by atoms with van der Waals surface area (Å²) >= 11 is 15.7. The van der Waals surface area contributed by atoms with Crippen LogP contribution in [0.1, 0.15) is 52.7 Å². The van der Waals surface area contributed by atoms with Gasteiger partial charge in [0.25, 0.3) is 0 Å². The molecule has 44 heavy (non-hydrogen) atoms. The summed E-state index contributed by atoms with van der Waals surface area (Å²) in [5.74, 6) is 0. The zero-order valence-corrected chi connectivity index (χ0v) is 31.4. The van der Waals surface area contributed by atoms with Crippen molar-refractivity contribution in [1.82, 2.24) is 0 Å². The highest BCUT2D eigenvalue weighted by atomic mass is 79.9. The SMILES string of the molecule is CC(C)(C)c1ccc2c(Br)c(Br)c3oc4c5ccccc5c5oc6c(Br)c(Br)c7ccc(C(C)(C)C)cc7c6c5c4c3c2c1. The Hall–Kier alpha value is -2.38. The fourth-order valence-corrected chi connectivity index (χ4v) is 8.71. The third kappa shape index (κ3) is 3.93. The van der Waals surface area contributed by atoms with Crippen LogP contribution in [0.3, 0.4) is 0 Å². The Morgan fingerprint density at radius 2 is 0.795 bits per heavy atom. The molecular formula is C38H28Br4O2. The molecule has 6 heteroatoms. The highest BCUT2D eigenvalue weighted by molar-refractivity contribution is 9.13. The monoisotopic (exact) mass is 832 g/mol. The fourth-order valence-electron chi connectivity index (χ4n) is 6.67. The van der Waals surface area contributed by atoms with Gasteiger partial charge in [-0.25, -0.2) is 0 Å².